The van der Waals surface area contributed by atoms with Crippen LogP contribution < -0.4 is 0 Å². The van der Waals surface area contributed by atoms with Crippen LogP contribution in [0.4, 0.5) is 0 Å². The van der Waals surface area contributed by atoms with Crippen LogP contribution in [0.15, 0.2) is 156 Å². The summed E-state index contributed by atoms with van der Waals surface area (Å²) in [6.45, 7) is 1.85. The van der Waals surface area contributed by atoms with Crippen LogP contribution in [0.3, 0.4) is 0 Å². The second-order valence-electron chi connectivity index (χ2n) is 15.0. The lowest BCUT2D eigenvalue weighted by molar-refractivity contribution is 0.199. The van der Waals surface area contributed by atoms with Crippen LogP contribution in [0.1, 0.15) is 18.6 Å². The Labute approximate surface area is 318 Å². The highest BCUT2D eigenvalue weighted by Crippen LogP contribution is 2.49. The number of hydrogen-bond acceptors (Lipinski definition) is 4. The predicted octanol–water partition coefficient (Wildman–Crippen LogP) is 12.6. The third-order valence-corrected chi connectivity index (χ3v) is 12.0. The van der Waals surface area contributed by atoms with Gasteiger partial charge in [0.1, 0.15) is 16.9 Å². The van der Waals surface area contributed by atoms with Crippen LogP contribution in [-0.2, 0) is 0 Å². The first-order valence-electron chi connectivity index (χ1n) is 19.0. The minimum atomic E-state index is -0.657. The number of nitrogens with zero attached hydrogens (tertiary/aromatic N) is 4. The molecule has 8 aromatic carbocycles. The van der Waals surface area contributed by atoms with E-state index in [-0.39, 0.29) is 0 Å². The number of furan rings is 1. The molecule has 6 nitrogen and oxygen atoms in total. The van der Waals surface area contributed by atoms with Crippen molar-refractivity contribution in [2.75, 3.05) is 0 Å². The second kappa shape index (κ2) is 10.7. The van der Waals surface area contributed by atoms with Gasteiger partial charge >= 0.3 is 0 Å². The Morgan fingerprint density at radius 2 is 1.25 bits per heavy atom. The smallest absolute Gasteiger partial charge is 0.165 e. The molecule has 0 bridgehead atoms. The SMILES string of the molecule is CC(O)c1cc2c3cc4oc5ccccc5c4c4c3c3c(cccc3n3c5ccccc5c(c1)c23)n4-c1nc2ccc3ccccc3c2nc1-c1ccccc1. The molecule has 1 atom stereocenters. The Hall–Kier alpha value is -7.28. The second-order valence-corrected chi connectivity index (χ2v) is 15.0. The van der Waals surface area contributed by atoms with Crippen molar-refractivity contribution in [3.63, 3.8) is 0 Å². The molecule has 0 saturated heterocycles. The number of aliphatic hydroxyl groups excluding tert-OH is 1. The average Bonchev–Trinajstić information content (AvgIpc) is 3.88. The number of aromatic nitrogens is 4. The molecule has 6 heteroatoms. The number of benzene rings is 8. The van der Waals surface area contributed by atoms with Gasteiger partial charge in [-0.15, -0.1) is 0 Å². The molecule has 13 rings (SSSR count). The molecule has 1 N–H and O–H groups in total. The zero-order chi connectivity index (χ0) is 36.8. The van der Waals surface area contributed by atoms with Gasteiger partial charge in [-0.25, -0.2) is 9.97 Å². The van der Waals surface area contributed by atoms with E-state index in [1.807, 2.05) is 25.1 Å². The van der Waals surface area contributed by atoms with E-state index in [4.69, 9.17) is 14.4 Å². The van der Waals surface area contributed by atoms with Crippen molar-refractivity contribution in [3.05, 3.63) is 157 Å². The van der Waals surface area contributed by atoms with E-state index in [9.17, 15) is 5.11 Å². The van der Waals surface area contributed by atoms with Gasteiger partial charge in [-0.1, -0.05) is 103 Å². The number of aliphatic hydroxyl groups is 1. The van der Waals surface area contributed by atoms with Gasteiger partial charge in [0, 0.05) is 43.3 Å². The first-order valence-corrected chi connectivity index (χ1v) is 19.0. The predicted molar refractivity (Wildman–Crippen MR) is 229 cm³/mol. The highest BCUT2D eigenvalue weighted by molar-refractivity contribution is 6.37. The monoisotopic (exact) mass is 718 g/mol. The molecule has 262 valence electrons. The van der Waals surface area contributed by atoms with E-state index < -0.39 is 6.10 Å². The van der Waals surface area contributed by atoms with Gasteiger partial charge in [-0.05, 0) is 71.8 Å². The summed E-state index contributed by atoms with van der Waals surface area (Å²) in [4.78, 5) is 11.2. The number of rotatable bonds is 3. The molecule has 0 amide bonds. The molecule has 13 aromatic rings. The van der Waals surface area contributed by atoms with Gasteiger partial charge in [0.15, 0.2) is 5.82 Å². The van der Waals surface area contributed by atoms with Crippen molar-refractivity contribution in [2.45, 2.75) is 13.0 Å². The maximum atomic E-state index is 11.2. The van der Waals surface area contributed by atoms with Gasteiger partial charge < -0.3 is 13.9 Å². The molecule has 0 saturated carbocycles. The molecule has 0 aliphatic carbocycles. The largest absolute Gasteiger partial charge is 0.456 e. The highest BCUT2D eigenvalue weighted by atomic mass is 16.3. The lowest BCUT2D eigenvalue weighted by Crippen LogP contribution is -2.04. The van der Waals surface area contributed by atoms with E-state index in [1.165, 1.54) is 0 Å². The van der Waals surface area contributed by atoms with Gasteiger partial charge in [0.25, 0.3) is 0 Å². The summed E-state index contributed by atoms with van der Waals surface area (Å²) in [5.41, 5.74) is 11.3. The molecule has 0 radical (unpaired) electrons. The van der Waals surface area contributed by atoms with Crippen LogP contribution in [0.2, 0.25) is 0 Å². The summed E-state index contributed by atoms with van der Waals surface area (Å²) in [5.74, 6) is 0.751. The van der Waals surface area contributed by atoms with Crippen LogP contribution in [-0.4, -0.2) is 24.0 Å². The number of fused-ring (bicyclic) bond motifs is 12. The van der Waals surface area contributed by atoms with Crippen molar-refractivity contribution in [1.82, 2.24) is 18.9 Å². The van der Waals surface area contributed by atoms with E-state index in [1.54, 1.807) is 0 Å². The van der Waals surface area contributed by atoms with Gasteiger partial charge in [0.05, 0.1) is 50.1 Å². The minimum absolute atomic E-state index is 0.657. The van der Waals surface area contributed by atoms with Gasteiger partial charge in [0.2, 0.25) is 0 Å². The van der Waals surface area contributed by atoms with Crippen molar-refractivity contribution >= 4 is 104 Å². The third kappa shape index (κ3) is 3.78. The van der Waals surface area contributed by atoms with Crippen molar-refractivity contribution in [2.24, 2.45) is 0 Å². The van der Waals surface area contributed by atoms with Crippen molar-refractivity contribution < 1.29 is 9.52 Å². The Morgan fingerprint density at radius 1 is 0.536 bits per heavy atom. The maximum Gasteiger partial charge on any atom is 0.165 e. The normalized spacial score (nSPS) is 13.1. The van der Waals surface area contributed by atoms with Crippen molar-refractivity contribution in [1.29, 1.82) is 0 Å². The maximum absolute atomic E-state index is 11.2. The average molecular weight is 719 g/mol. The Kier molecular flexibility index (Phi) is 5.74. The Balaban J connectivity index is 1.35. The fourth-order valence-electron chi connectivity index (χ4n) is 9.60. The molecule has 1 unspecified atom stereocenters. The molecule has 0 aliphatic heterocycles. The standard InChI is InChI=1S/C50H30N4O2/c1-27(55)30-24-35-32-16-7-9-18-38(32)53-39-19-11-20-40-45(39)44-34(36(25-30)48(35)53)26-42-43(33-17-8-10-21-41(33)56-42)49(44)54(40)50-46(29-13-3-2-4-14-29)52-47-31-15-6-5-12-28(31)22-23-37(47)51-50/h2-27,55H,1H3. The summed E-state index contributed by atoms with van der Waals surface area (Å²) in [6.07, 6.45) is -0.657. The summed E-state index contributed by atoms with van der Waals surface area (Å²) >= 11 is 0. The number of para-hydroxylation sites is 2. The minimum Gasteiger partial charge on any atom is -0.456 e. The zero-order valence-electron chi connectivity index (χ0n) is 30.2. The molecular weight excluding hydrogens is 689 g/mol. The van der Waals surface area contributed by atoms with Crippen LogP contribution in [0.5, 0.6) is 0 Å². The molecule has 56 heavy (non-hydrogen) atoms. The van der Waals surface area contributed by atoms with Gasteiger partial charge in [-0.3, -0.25) is 4.57 Å². The first kappa shape index (κ1) is 30.1. The lowest BCUT2D eigenvalue weighted by atomic mass is 9.98. The van der Waals surface area contributed by atoms with E-state index >= 15 is 0 Å². The molecule has 0 aliphatic rings. The van der Waals surface area contributed by atoms with Crippen LogP contribution in [0, 0.1) is 0 Å². The quantitative estimate of drug-likeness (QED) is 0.185. The number of hydrogen-bond donors (Lipinski definition) is 1. The van der Waals surface area contributed by atoms with E-state index in [0.29, 0.717) is 0 Å². The molecule has 5 aromatic heterocycles. The summed E-state index contributed by atoms with van der Waals surface area (Å²) in [5, 5.41) is 22.0. The summed E-state index contributed by atoms with van der Waals surface area (Å²) < 4.78 is 11.6. The molecular formula is C50H30N4O2. The highest BCUT2D eigenvalue weighted by Gasteiger charge is 2.28. The summed E-state index contributed by atoms with van der Waals surface area (Å²) in [6, 6.07) is 53.2. The molecule has 0 spiro atoms. The van der Waals surface area contributed by atoms with Gasteiger partial charge in [-0.2, -0.15) is 0 Å². The Bertz CT molecular complexity index is 3800. The first-order chi connectivity index (χ1) is 27.6. The summed E-state index contributed by atoms with van der Waals surface area (Å²) in [7, 11) is 0. The Morgan fingerprint density at radius 3 is 2.11 bits per heavy atom. The molecule has 5 heterocycles. The van der Waals surface area contributed by atoms with Crippen molar-refractivity contribution in [3.8, 4) is 17.1 Å². The van der Waals surface area contributed by atoms with Crippen LogP contribution >= 0.6 is 0 Å². The fourth-order valence-corrected chi connectivity index (χ4v) is 9.60. The molecule has 0 fully saturated rings. The fraction of sp³-hybridized carbons (Fsp3) is 0.0400. The lowest BCUT2D eigenvalue weighted by Gasteiger charge is -2.15. The van der Waals surface area contributed by atoms with E-state index in [0.717, 1.165) is 126 Å². The zero-order valence-corrected chi connectivity index (χ0v) is 30.2. The van der Waals surface area contributed by atoms with E-state index in [2.05, 4.69) is 142 Å². The topological polar surface area (TPSA) is 68.5 Å². The van der Waals surface area contributed by atoms with Crippen LogP contribution in [0.25, 0.3) is 121 Å². The third-order valence-electron chi connectivity index (χ3n) is 12.0.